The van der Waals surface area contributed by atoms with Crippen LogP contribution in [0.4, 0.5) is 0 Å². The molecule has 0 saturated heterocycles. The molecular weight excluding hydrogens is 314 g/mol. The Morgan fingerprint density at radius 2 is 1.67 bits per heavy atom. The lowest BCUT2D eigenvalue weighted by Gasteiger charge is -2.34. The average molecular weight is 337 g/mol. The predicted octanol–water partition coefficient (Wildman–Crippen LogP) is 0.677. The largest absolute Gasteiger partial charge is 0.469 e. The second kappa shape index (κ2) is 7.92. The van der Waals surface area contributed by atoms with E-state index in [2.05, 4.69) is 0 Å². The Labute approximate surface area is 140 Å². The Kier molecular flexibility index (Phi) is 6.48. The molecule has 0 spiro atoms. The number of carbonyl (C=O) groups excluding carboxylic acids is 3. The van der Waals surface area contributed by atoms with Gasteiger partial charge in [0.05, 0.1) is 20.1 Å². The zero-order valence-corrected chi connectivity index (χ0v) is 14.2. The molecule has 2 atom stereocenters. The Morgan fingerprint density at radius 3 is 2.04 bits per heavy atom. The van der Waals surface area contributed by atoms with E-state index in [0.717, 1.165) is 7.11 Å². The van der Waals surface area contributed by atoms with Crippen LogP contribution in [0.5, 0.6) is 0 Å². The SMILES string of the molecule is COC(=O)C(C(C)C)C(O)(Cc1ccc(C(N)=O)cc1)C(=O)OC. The van der Waals surface area contributed by atoms with Crippen molar-refractivity contribution >= 4 is 17.8 Å². The molecule has 132 valence electrons. The second-order valence-electron chi connectivity index (χ2n) is 5.90. The zero-order valence-electron chi connectivity index (χ0n) is 14.2. The topological polar surface area (TPSA) is 116 Å². The van der Waals surface area contributed by atoms with Gasteiger partial charge in [0.25, 0.3) is 0 Å². The first-order valence-corrected chi connectivity index (χ1v) is 7.44. The summed E-state index contributed by atoms with van der Waals surface area (Å²) in [5.41, 5.74) is 3.93. The summed E-state index contributed by atoms with van der Waals surface area (Å²) in [4.78, 5) is 35.4. The smallest absolute Gasteiger partial charge is 0.339 e. The highest BCUT2D eigenvalue weighted by molar-refractivity contribution is 5.92. The lowest BCUT2D eigenvalue weighted by atomic mass is 9.76. The monoisotopic (exact) mass is 337 g/mol. The van der Waals surface area contributed by atoms with E-state index in [1.54, 1.807) is 26.0 Å². The highest BCUT2D eigenvalue weighted by Crippen LogP contribution is 2.31. The van der Waals surface area contributed by atoms with Gasteiger partial charge in [-0.15, -0.1) is 0 Å². The molecule has 0 aliphatic heterocycles. The van der Waals surface area contributed by atoms with Crippen LogP contribution in [0.1, 0.15) is 29.8 Å². The third-order valence-electron chi connectivity index (χ3n) is 3.89. The average Bonchev–Trinajstić information content (AvgIpc) is 2.53. The molecule has 0 radical (unpaired) electrons. The van der Waals surface area contributed by atoms with E-state index in [1.165, 1.54) is 19.2 Å². The van der Waals surface area contributed by atoms with Gasteiger partial charge >= 0.3 is 11.9 Å². The lowest BCUT2D eigenvalue weighted by Crippen LogP contribution is -2.54. The first-order valence-electron chi connectivity index (χ1n) is 7.44. The first-order chi connectivity index (χ1) is 11.2. The van der Waals surface area contributed by atoms with Gasteiger partial charge in [-0.05, 0) is 23.6 Å². The molecule has 1 aromatic carbocycles. The van der Waals surface area contributed by atoms with Crippen molar-refractivity contribution in [3.8, 4) is 0 Å². The maximum absolute atomic E-state index is 12.2. The summed E-state index contributed by atoms with van der Waals surface area (Å²) in [6.07, 6.45) is -0.170. The van der Waals surface area contributed by atoms with E-state index in [0.29, 0.717) is 11.1 Å². The van der Waals surface area contributed by atoms with Gasteiger partial charge in [-0.25, -0.2) is 4.79 Å². The minimum Gasteiger partial charge on any atom is -0.469 e. The summed E-state index contributed by atoms with van der Waals surface area (Å²) in [5, 5.41) is 11.0. The van der Waals surface area contributed by atoms with Crippen molar-refractivity contribution in [2.75, 3.05) is 14.2 Å². The zero-order chi connectivity index (χ0) is 18.5. The molecule has 2 unspecified atom stereocenters. The number of primary amides is 1. The summed E-state index contributed by atoms with van der Waals surface area (Å²) in [7, 11) is 2.33. The number of esters is 2. The molecule has 0 saturated carbocycles. The number of amides is 1. The van der Waals surface area contributed by atoms with Gasteiger partial charge in [0.15, 0.2) is 5.60 Å². The maximum Gasteiger partial charge on any atom is 0.339 e. The van der Waals surface area contributed by atoms with E-state index in [9.17, 15) is 19.5 Å². The number of rotatable bonds is 7. The first kappa shape index (κ1) is 19.6. The number of aliphatic hydroxyl groups is 1. The van der Waals surface area contributed by atoms with Gasteiger partial charge in [0, 0.05) is 12.0 Å². The number of carbonyl (C=O) groups is 3. The van der Waals surface area contributed by atoms with Gasteiger partial charge in [-0.2, -0.15) is 0 Å². The van der Waals surface area contributed by atoms with Gasteiger partial charge in [-0.1, -0.05) is 26.0 Å². The molecule has 7 nitrogen and oxygen atoms in total. The number of benzene rings is 1. The van der Waals surface area contributed by atoms with E-state index < -0.39 is 29.4 Å². The summed E-state index contributed by atoms with van der Waals surface area (Å²) in [6, 6.07) is 6.08. The van der Waals surface area contributed by atoms with Crippen LogP contribution in [0.25, 0.3) is 0 Å². The van der Waals surface area contributed by atoms with E-state index in [4.69, 9.17) is 15.2 Å². The molecule has 0 fully saturated rings. The molecular formula is C17H23NO6. The summed E-state index contributed by atoms with van der Waals surface area (Å²) in [5.74, 6) is -3.69. The van der Waals surface area contributed by atoms with Gasteiger partial charge in [0.1, 0.15) is 0 Å². The number of hydrogen-bond acceptors (Lipinski definition) is 6. The summed E-state index contributed by atoms with van der Waals surface area (Å²) < 4.78 is 9.44. The number of methoxy groups -OCH3 is 2. The van der Waals surface area contributed by atoms with Crippen LogP contribution in [-0.4, -0.2) is 42.8 Å². The van der Waals surface area contributed by atoms with Crippen LogP contribution < -0.4 is 5.73 Å². The lowest BCUT2D eigenvalue weighted by molar-refractivity contribution is -0.181. The molecule has 0 aliphatic carbocycles. The van der Waals surface area contributed by atoms with Crippen molar-refractivity contribution in [3.05, 3.63) is 35.4 Å². The van der Waals surface area contributed by atoms with Crippen molar-refractivity contribution in [3.63, 3.8) is 0 Å². The third-order valence-corrected chi connectivity index (χ3v) is 3.89. The van der Waals surface area contributed by atoms with Crippen LogP contribution in [0, 0.1) is 11.8 Å². The van der Waals surface area contributed by atoms with Crippen molar-refractivity contribution in [1.82, 2.24) is 0 Å². The van der Waals surface area contributed by atoms with Crippen molar-refractivity contribution in [2.45, 2.75) is 25.9 Å². The van der Waals surface area contributed by atoms with Crippen LogP contribution >= 0.6 is 0 Å². The quantitative estimate of drug-likeness (QED) is 0.707. The van der Waals surface area contributed by atoms with Crippen molar-refractivity contribution < 1.29 is 29.0 Å². The standard InChI is InChI=1S/C17H23NO6/c1-10(2)13(15(20)23-3)17(22,16(21)24-4)9-11-5-7-12(8-6-11)14(18)19/h5-8,10,13,22H,9H2,1-4H3,(H2,18,19). The Hall–Kier alpha value is -2.41. The predicted molar refractivity (Wildman–Crippen MR) is 86.0 cm³/mol. The van der Waals surface area contributed by atoms with Gasteiger partial charge in [-0.3, -0.25) is 9.59 Å². The number of nitrogens with two attached hydrogens (primary N) is 1. The number of ether oxygens (including phenoxy) is 2. The Balaban J connectivity index is 3.26. The highest BCUT2D eigenvalue weighted by Gasteiger charge is 2.51. The van der Waals surface area contributed by atoms with Crippen LogP contribution in [0.2, 0.25) is 0 Å². The van der Waals surface area contributed by atoms with E-state index in [1.807, 2.05) is 0 Å². The van der Waals surface area contributed by atoms with Gasteiger partial charge in [0.2, 0.25) is 5.91 Å². The fraction of sp³-hybridized carbons (Fsp3) is 0.471. The molecule has 0 heterocycles. The molecule has 0 bridgehead atoms. The maximum atomic E-state index is 12.2. The van der Waals surface area contributed by atoms with E-state index >= 15 is 0 Å². The highest BCUT2D eigenvalue weighted by atomic mass is 16.5. The van der Waals surface area contributed by atoms with Crippen molar-refractivity contribution in [2.24, 2.45) is 17.6 Å². The molecule has 3 N–H and O–H groups in total. The molecule has 1 rings (SSSR count). The molecule has 0 aromatic heterocycles. The molecule has 0 aliphatic rings. The summed E-state index contributed by atoms with van der Waals surface area (Å²) in [6.45, 7) is 3.40. The molecule has 7 heteroatoms. The molecule has 1 aromatic rings. The Bertz CT molecular complexity index is 610. The minimum atomic E-state index is -2.09. The Morgan fingerprint density at radius 1 is 1.12 bits per heavy atom. The van der Waals surface area contributed by atoms with Gasteiger partial charge < -0.3 is 20.3 Å². The fourth-order valence-electron chi connectivity index (χ4n) is 2.73. The van der Waals surface area contributed by atoms with Crippen LogP contribution in [0.3, 0.4) is 0 Å². The van der Waals surface area contributed by atoms with Crippen LogP contribution in [0.15, 0.2) is 24.3 Å². The number of hydrogen-bond donors (Lipinski definition) is 2. The third kappa shape index (κ3) is 4.11. The van der Waals surface area contributed by atoms with Crippen LogP contribution in [-0.2, 0) is 25.5 Å². The summed E-state index contributed by atoms with van der Waals surface area (Å²) >= 11 is 0. The normalized spacial score (nSPS) is 14.6. The van der Waals surface area contributed by atoms with E-state index in [-0.39, 0.29) is 12.3 Å². The second-order valence-corrected chi connectivity index (χ2v) is 5.90. The van der Waals surface area contributed by atoms with Crippen molar-refractivity contribution in [1.29, 1.82) is 0 Å². The minimum absolute atomic E-state index is 0.170. The molecule has 1 amide bonds. The fourth-order valence-corrected chi connectivity index (χ4v) is 2.73. The molecule has 24 heavy (non-hydrogen) atoms.